The van der Waals surface area contributed by atoms with E-state index in [1.165, 1.54) is 12.8 Å². The van der Waals surface area contributed by atoms with Crippen LogP contribution in [0.15, 0.2) is 41.7 Å². The molecule has 2 fully saturated rings. The Hall–Kier alpha value is -2.58. The number of nitrogens with one attached hydrogen (secondary N) is 3. The SMILES string of the molecule is C=C/C=C(Cl)\C=C1/CN(C(=O)C2CCC(CNC(=O)CCC3CCNCC3)CC2)Cc2cnn(C)c2N1. The second kappa shape index (κ2) is 13.3. The van der Waals surface area contributed by atoms with Crippen LogP contribution in [0.1, 0.15) is 56.9 Å². The summed E-state index contributed by atoms with van der Waals surface area (Å²) < 4.78 is 1.79. The number of amides is 2. The Balaban J connectivity index is 1.28. The average molecular weight is 529 g/mol. The summed E-state index contributed by atoms with van der Waals surface area (Å²) in [4.78, 5) is 27.9. The van der Waals surface area contributed by atoms with Crippen molar-refractivity contribution in [3.8, 4) is 0 Å². The van der Waals surface area contributed by atoms with Gasteiger partial charge in [0.1, 0.15) is 5.82 Å². The zero-order valence-corrected chi connectivity index (χ0v) is 22.7. The van der Waals surface area contributed by atoms with Crippen molar-refractivity contribution < 1.29 is 9.59 Å². The molecule has 37 heavy (non-hydrogen) atoms. The fourth-order valence-electron chi connectivity index (χ4n) is 5.71. The van der Waals surface area contributed by atoms with E-state index in [1.807, 2.05) is 24.2 Å². The van der Waals surface area contributed by atoms with Crippen LogP contribution in [-0.4, -0.2) is 52.7 Å². The molecule has 0 unspecified atom stereocenters. The van der Waals surface area contributed by atoms with Crippen LogP contribution < -0.4 is 16.0 Å². The molecular weight excluding hydrogens is 488 g/mol. The van der Waals surface area contributed by atoms with Crippen LogP contribution in [0.3, 0.4) is 0 Å². The third-order valence-corrected chi connectivity index (χ3v) is 8.17. The van der Waals surface area contributed by atoms with Crippen LogP contribution in [0.5, 0.6) is 0 Å². The molecule has 2 amide bonds. The Bertz CT molecular complexity index is 1020. The molecule has 1 aliphatic carbocycles. The predicted molar refractivity (Wildman–Crippen MR) is 148 cm³/mol. The van der Waals surface area contributed by atoms with Crippen molar-refractivity contribution in [2.75, 3.05) is 31.5 Å². The highest BCUT2D eigenvalue weighted by Crippen LogP contribution is 2.32. The van der Waals surface area contributed by atoms with Gasteiger partial charge in [-0.05, 0) is 82.0 Å². The molecule has 1 saturated carbocycles. The zero-order valence-electron chi connectivity index (χ0n) is 22.0. The summed E-state index contributed by atoms with van der Waals surface area (Å²) in [6.07, 6.45) is 14.6. The van der Waals surface area contributed by atoms with E-state index in [0.29, 0.717) is 36.4 Å². The minimum Gasteiger partial charge on any atom is -0.356 e. The van der Waals surface area contributed by atoms with Gasteiger partial charge in [0.05, 0.1) is 19.3 Å². The molecule has 1 aromatic rings. The molecule has 2 aliphatic heterocycles. The van der Waals surface area contributed by atoms with Crippen molar-refractivity contribution in [1.82, 2.24) is 25.3 Å². The molecule has 202 valence electrons. The van der Waals surface area contributed by atoms with E-state index >= 15 is 0 Å². The number of hydrogen-bond acceptors (Lipinski definition) is 5. The molecule has 4 rings (SSSR count). The van der Waals surface area contributed by atoms with Gasteiger partial charge in [0.2, 0.25) is 11.8 Å². The first-order valence-electron chi connectivity index (χ1n) is 13.7. The molecule has 0 radical (unpaired) electrons. The van der Waals surface area contributed by atoms with Gasteiger partial charge in [-0.15, -0.1) is 0 Å². The van der Waals surface area contributed by atoms with Crippen molar-refractivity contribution in [3.05, 3.63) is 47.3 Å². The van der Waals surface area contributed by atoms with Gasteiger partial charge in [0.25, 0.3) is 0 Å². The van der Waals surface area contributed by atoms with E-state index < -0.39 is 0 Å². The van der Waals surface area contributed by atoms with Gasteiger partial charge in [-0.25, -0.2) is 0 Å². The highest BCUT2D eigenvalue weighted by molar-refractivity contribution is 6.31. The molecule has 3 N–H and O–H groups in total. The molecule has 0 spiro atoms. The summed E-state index contributed by atoms with van der Waals surface area (Å²) in [6, 6.07) is 0. The Morgan fingerprint density at radius 2 is 1.92 bits per heavy atom. The van der Waals surface area contributed by atoms with Crippen LogP contribution >= 0.6 is 11.6 Å². The van der Waals surface area contributed by atoms with E-state index in [9.17, 15) is 9.59 Å². The number of rotatable bonds is 8. The lowest BCUT2D eigenvalue weighted by molar-refractivity contribution is -0.137. The number of aryl methyl sites for hydroxylation is 1. The first-order valence-corrected chi connectivity index (χ1v) is 14.0. The fourth-order valence-corrected chi connectivity index (χ4v) is 5.93. The quantitative estimate of drug-likeness (QED) is 0.442. The average Bonchev–Trinajstić information content (AvgIpc) is 3.13. The predicted octanol–water partition coefficient (Wildman–Crippen LogP) is 4.07. The molecule has 9 heteroatoms. The number of carbonyl (C=O) groups is 2. The molecule has 0 aromatic carbocycles. The van der Waals surface area contributed by atoms with E-state index in [1.54, 1.807) is 16.8 Å². The number of anilines is 1. The summed E-state index contributed by atoms with van der Waals surface area (Å²) in [5.41, 5.74) is 1.84. The second-order valence-corrected chi connectivity index (χ2v) is 11.1. The first-order chi connectivity index (χ1) is 17.9. The third kappa shape index (κ3) is 7.71. The molecule has 3 aliphatic rings. The third-order valence-electron chi connectivity index (χ3n) is 7.94. The van der Waals surface area contributed by atoms with Crippen LogP contribution in [0.25, 0.3) is 0 Å². The first kappa shape index (κ1) is 27.5. The van der Waals surface area contributed by atoms with Crippen molar-refractivity contribution >= 4 is 29.2 Å². The van der Waals surface area contributed by atoms with Crippen molar-refractivity contribution in [1.29, 1.82) is 0 Å². The maximum Gasteiger partial charge on any atom is 0.226 e. The molecule has 3 heterocycles. The summed E-state index contributed by atoms with van der Waals surface area (Å²) in [6.45, 7) is 7.54. The van der Waals surface area contributed by atoms with Gasteiger partial charge >= 0.3 is 0 Å². The Morgan fingerprint density at radius 1 is 1.16 bits per heavy atom. The lowest BCUT2D eigenvalue weighted by Gasteiger charge is -2.32. The molecule has 8 nitrogen and oxygen atoms in total. The minimum atomic E-state index is 0.00511. The van der Waals surface area contributed by atoms with Gasteiger partial charge in [0.15, 0.2) is 0 Å². The number of halogens is 1. The topological polar surface area (TPSA) is 91.3 Å². The van der Waals surface area contributed by atoms with Crippen LogP contribution in [0, 0.1) is 17.8 Å². The lowest BCUT2D eigenvalue weighted by atomic mass is 9.81. The van der Waals surface area contributed by atoms with Gasteiger partial charge in [0, 0.05) is 42.2 Å². The molecule has 1 aromatic heterocycles. The van der Waals surface area contributed by atoms with Crippen LogP contribution in [0.4, 0.5) is 5.82 Å². The summed E-state index contributed by atoms with van der Waals surface area (Å²) in [5, 5.41) is 14.9. The van der Waals surface area contributed by atoms with Gasteiger partial charge in [-0.3, -0.25) is 14.3 Å². The fraction of sp³-hybridized carbons (Fsp3) is 0.607. The number of carbonyl (C=O) groups excluding carboxylic acids is 2. The van der Waals surface area contributed by atoms with Gasteiger partial charge in [-0.2, -0.15) is 5.10 Å². The maximum atomic E-state index is 13.6. The minimum absolute atomic E-state index is 0.00511. The van der Waals surface area contributed by atoms with Gasteiger partial charge < -0.3 is 20.9 Å². The number of aromatic nitrogens is 2. The molecule has 0 atom stereocenters. The lowest BCUT2D eigenvalue weighted by Crippen LogP contribution is -2.39. The second-order valence-electron chi connectivity index (χ2n) is 10.7. The number of piperidine rings is 1. The summed E-state index contributed by atoms with van der Waals surface area (Å²) in [7, 11) is 1.88. The smallest absolute Gasteiger partial charge is 0.226 e. The Kier molecular flexibility index (Phi) is 9.86. The number of nitrogens with zero attached hydrogens (tertiary/aromatic N) is 3. The molecular formula is C28H41ClN6O2. The standard InChI is InChI=1S/C28H41ClN6O2/c1-3-4-24(29)15-25-19-35(18-23-17-32-34(2)27(23)33-25)28(37)22-8-5-21(6-9-22)16-31-26(36)10-7-20-11-13-30-14-12-20/h3-4,15,17,20-22,30,33H,1,5-14,16,18-19H2,2H3,(H,31,36)/b24-4+,25-15+. The number of fused-ring (bicyclic) bond motifs is 1. The van der Waals surface area contributed by atoms with E-state index in [2.05, 4.69) is 27.6 Å². The number of hydrogen-bond donors (Lipinski definition) is 3. The van der Waals surface area contributed by atoms with Crippen LogP contribution in [0.2, 0.25) is 0 Å². The van der Waals surface area contributed by atoms with Crippen LogP contribution in [-0.2, 0) is 23.2 Å². The van der Waals surface area contributed by atoms with Crippen molar-refractivity contribution in [2.24, 2.45) is 24.8 Å². The summed E-state index contributed by atoms with van der Waals surface area (Å²) >= 11 is 6.33. The largest absolute Gasteiger partial charge is 0.356 e. The highest BCUT2D eigenvalue weighted by Gasteiger charge is 2.32. The normalized spacial score (nSPS) is 24.2. The van der Waals surface area contributed by atoms with E-state index in [-0.39, 0.29) is 17.7 Å². The highest BCUT2D eigenvalue weighted by atomic mass is 35.5. The maximum absolute atomic E-state index is 13.6. The Labute approximate surface area is 225 Å². The van der Waals surface area contributed by atoms with Crippen molar-refractivity contribution in [3.63, 3.8) is 0 Å². The monoisotopic (exact) mass is 528 g/mol. The van der Waals surface area contributed by atoms with Crippen molar-refractivity contribution in [2.45, 2.75) is 57.9 Å². The van der Waals surface area contributed by atoms with Gasteiger partial charge in [-0.1, -0.05) is 24.3 Å². The van der Waals surface area contributed by atoms with E-state index in [0.717, 1.165) is 68.8 Å². The zero-order chi connectivity index (χ0) is 26.2. The summed E-state index contributed by atoms with van der Waals surface area (Å²) in [5.74, 6) is 2.35. The molecule has 1 saturated heterocycles. The molecule has 0 bridgehead atoms. The van der Waals surface area contributed by atoms with E-state index in [4.69, 9.17) is 11.6 Å². The Morgan fingerprint density at radius 3 is 2.65 bits per heavy atom. The number of allylic oxidation sites excluding steroid dienone is 4.